The van der Waals surface area contributed by atoms with Crippen molar-refractivity contribution in [3.8, 4) is 0 Å². The Hall–Kier alpha value is -0.520. The summed E-state index contributed by atoms with van der Waals surface area (Å²) in [6.07, 6.45) is 10.1. The van der Waals surface area contributed by atoms with Crippen LogP contribution in [-0.2, 0) is 0 Å². The van der Waals surface area contributed by atoms with Crippen molar-refractivity contribution in [2.24, 2.45) is 5.92 Å². The normalized spacial score (nSPS) is 13.8. The van der Waals surface area contributed by atoms with Crippen LogP contribution in [0.4, 0.5) is 0 Å². The lowest BCUT2D eigenvalue weighted by atomic mass is 10.0. The van der Waals surface area contributed by atoms with Crippen LogP contribution in [0.15, 0.2) is 24.8 Å². The second-order valence-electron chi connectivity index (χ2n) is 2.72. The molecule has 10 heavy (non-hydrogen) atoms. The molecule has 0 heterocycles. The van der Waals surface area contributed by atoms with E-state index in [4.69, 9.17) is 0 Å². The Balaban J connectivity index is 3.20. The predicted octanol–water partition coefficient (Wildman–Crippen LogP) is 3.55. The minimum Gasteiger partial charge on any atom is -0.103 e. The maximum atomic E-state index is 3.69. The van der Waals surface area contributed by atoms with Crippen LogP contribution in [0, 0.1) is 5.92 Å². The van der Waals surface area contributed by atoms with E-state index in [1.165, 1.54) is 12.8 Å². The van der Waals surface area contributed by atoms with Crippen LogP contribution in [0.1, 0.15) is 33.1 Å². The van der Waals surface area contributed by atoms with Crippen molar-refractivity contribution in [1.29, 1.82) is 0 Å². The summed E-state index contributed by atoms with van der Waals surface area (Å²) in [4.78, 5) is 0. The molecule has 0 aromatic rings. The number of unbranched alkanes of at least 4 members (excludes halogenated alkanes) is 1. The molecule has 1 unspecified atom stereocenters. The van der Waals surface area contributed by atoms with Crippen LogP contribution in [0.5, 0.6) is 0 Å². The van der Waals surface area contributed by atoms with Crippen LogP contribution in [0.2, 0.25) is 0 Å². The van der Waals surface area contributed by atoms with Crippen LogP contribution >= 0.6 is 0 Å². The topological polar surface area (TPSA) is 0 Å². The summed E-state index contributed by atoms with van der Waals surface area (Å²) in [7, 11) is 0. The third-order valence-electron chi connectivity index (χ3n) is 1.59. The average Bonchev–Trinajstić information content (AvgIpc) is 1.89. The lowest BCUT2D eigenvalue weighted by Gasteiger charge is -2.02. The molecule has 0 spiro atoms. The molecule has 0 radical (unpaired) electrons. The van der Waals surface area contributed by atoms with E-state index in [1.807, 2.05) is 6.08 Å². The first-order valence-electron chi connectivity index (χ1n) is 4.05. The minimum atomic E-state index is 0.741. The minimum absolute atomic E-state index is 0.741. The van der Waals surface area contributed by atoms with Crippen molar-refractivity contribution in [3.63, 3.8) is 0 Å². The van der Waals surface area contributed by atoms with Crippen molar-refractivity contribution in [2.75, 3.05) is 0 Å². The maximum absolute atomic E-state index is 3.69. The van der Waals surface area contributed by atoms with Gasteiger partial charge in [-0.1, -0.05) is 25.2 Å². The fraction of sp³-hybridized carbons (Fsp3) is 0.600. The molecule has 58 valence electrons. The van der Waals surface area contributed by atoms with Crippen molar-refractivity contribution in [3.05, 3.63) is 24.8 Å². The standard InChI is InChI=1S/C10H18/c1-4-6-7-9-10(3)8-5-2/h4-5,8,10H,1,6-7,9H2,2-3H3. The fourth-order valence-corrected chi connectivity index (χ4v) is 1.01. The van der Waals surface area contributed by atoms with E-state index in [0.717, 1.165) is 12.3 Å². The van der Waals surface area contributed by atoms with Crippen molar-refractivity contribution < 1.29 is 0 Å². The van der Waals surface area contributed by atoms with Gasteiger partial charge in [-0.15, -0.1) is 6.58 Å². The van der Waals surface area contributed by atoms with Gasteiger partial charge >= 0.3 is 0 Å². The second kappa shape index (κ2) is 6.60. The van der Waals surface area contributed by atoms with Gasteiger partial charge in [0.25, 0.3) is 0 Å². The molecule has 0 N–H and O–H groups in total. The molecular weight excluding hydrogens is 120 g/mol. The summed E-state index contributed by atoms with van der Waals surface area (Å²) < 4.78 is 0. The molecule has 0 heteroatoms. The molecule has 0 rings (SSSR count). The van der Waals surface area contributed by atoms with E-state index in [9.17, 15) is 0 Å². The second-order valence-corrected chi connectivity index (χ2v) is 2.72. The van der Waals surface area contributed by atoms with Gasteiger partial charge in [0.2, 0.25) is 0 Å². The van der Waals surface area contributed by atoms with Gasteiger partial charge in [0.15, 0.2) is 0 Å². The molecule has 0 bridgehead atoms. The average molecular weight is 138 g/mol. The predicted molar refractivity (Wildman–Crippen MR) is 48.0 cm³/mol. The van der Waals surface area contributed by atoms with Crippen LogP contribution < -0.4 is 0 Å². The van der Waals surface area contributed by atoms with Gasteiger partial charge in [-0.05, 0) is 32.1 Å². The first kappa shape index (κ1) is 9.48. The maximum Gasteiger partial charge on any atom is -0.0262 e. The summed E-state index contributed by atoms with van der Waals surface area (Å²) in [6, 6.07) is 0. The molecule has 0 aliphatic heterocycles. The van der Waals surface area contributed by atoms with Gasteiger partial charge in [-0.25, -0.2) is 0 Å². The summed E-state index contributed by atoms with van der Waals surface area (Å²) in [5, 5.41) is 0. The molecule has 0 nitrogen and oxygen atoms in total. The Bertz CT molecular complexity index is 101. The van der Waals surface area contributed by atoms with E-state index in [0.29, 0.717) is 0 Å². The highest BCUT2D eigenvalue weighted by Crippen LogP contribution is 2.08. The molecule has 0 aromatic heterocycles. The number of rotatable bonds is 5. The molecule has 0 amide bonds. The quantitative estimate of drug-likeness (QED) is 0.402. The Morgan fingerprint density at radius 1 is 1.50 bits per heavy atom. The first-order valence-corrected chi connectivity index (χ1v) is 4.05. The fourth-order valence-electron chi connectivity index (χ4n) is 1.01. The smallest absolute Gasteiger partial charge is 0.0262 e. The van der Waals surface area contributed by atoms with Crippen LogP contribution in [0.3, 0.4) is 0 Å². The van der Waals surface area contributed by atoms with E-state index in [1.54, 1.807) is 0 Å². The van der Waals surface area contributed by atoms with E-state index < -0.39 is 0 Å². The van der Waals surface area contributed by atoms with Crippen molar-refractivity contribution in [1.82, 2.24) is 0 Å². The molecule has 0 saturated heterocycles. The highest BCUT2D eigenvalue weighted by Gasteiger charge is 1.93. The molecule has 1 atom stereocenters. The Morgan fingerprint density at radius 3 is 2.70 bits per heavy atom. The molecular formula is C10H18. The largest absolute Gasteiger partial charge is 0.103 e. The molecule has 0 fully saturated rings. The Labute approximate surface area is 64.6 Å². The highest BCUT2D eigenvalue weighted by atomic mass is 14.0. The van der Waals surface area contributed by atoms with E-state index in [-0.39, 0.29) is 0 Å². The summed E-state index contributed by atoms with van der Waals surface area (Å²) in [6.45, 7) is 8.01. The summed E-state index contributed by atoms with van der Waals surface area (Å²) in [5.74, 6) is 0.741. The van der Waals surface area contributed by atoms with Crippen LogP contribution in [-0.4, -0.2) is 0 Å². The Morgan fingerprint density at radius 2 is 2.20 bits per heavy atom. The third kappa shape index (κ3) is 5.61. The zero-order chi connectivity index (χ0) is 7.82. The molecule has 0 aromatic carbocycles. The molecule has 0 aliphatic carbocycles. The zero-order valence-electron chi connectivity index (χ0n) is 7.14. The monoisotopic (exact) mass is 138 g/mol. The van der Waals surface area contributed by atoms with Crippen LogP contribution in [0.25, 0.3) is 0 Å². The number of allylic oxidation sites excluding steroid dienone is 3. The third-order valence-corrected chi connectivity index (χ3v) is 1.59. The van der Waals surface area contributed by atoms with E-state index >= 15 is 0 Å². The lowest BCUT2D eigenvalue weighted by molar-refractivity contribution is 0.612. The van der Waals surface area contributed by atoms with Crippen molar-refractivity contribution in [2.45, 2.75) is 33.1 Å². The van der Waals surface area contributed by atoms with Gasteiger partial charge in [-0.2, -0.15) is 0 Å². The summed E-state index contributed by atoms with van der Waals surface area (Å²) >= 11 is 0. The number of hydrogen-bond donors (Lipinski definition) is 0. The zero-order valence-corrected chi connectivity index (χ0v) is 7.14. The molecule has 0 saturated carbocycles. The van der Waals surface area contributed by atoms with Crippen molar-refractivity contribution >= 4 is 0 Å². The van der Waals surface area contributed by atoms with Gasteiger partial charge in [0.05, 0.1) is 0 Å². The van der Waals surface area contributed by atoms with Gasteiger partial charge in [-0.3, -0.25) is 0 Å². The summed E-state index contributed by atoms with van der Waals surface area (Å²) in [5.41, 5.74) is 0. The first-order chi connectivity index (χ1) is 4.81. The number of hydrogen-bond acceptors (Lipinski definition) is 0. The van der Waals surface area contributed by atoms with Gasteiger partial charge in [0, 0.05) is 0 Å². The Kier molecular flexibility index (Phi) is 6.25. The van der Waals surface area contributed by atoms with Gasteiger partial charge in [0.1, 0.15) is 0 Å². The lowest BCUT2D eigenvalue weighted by Crippen LogP contribution is -1.87. The SMILES string of the molecule is C=CCCCC(C)C=CC. The highest BCUT2D eigenvalue weighted by molar-refractivity contribution is 4.83. The van der Waals surface area contributed by atoms with E-state index in [2.05, 4.69) is 32.6 Å². The van der Waals surface area contributed by atoms with Gasteiger partial charge < -0.3 is 0 Å². The molecule has 0 aliphatic rings.